The summed E-state index contributed by atoms with van der Waals surface area (Å²) in [6.45, 7) is 4.11. The molecular weight excluding hydrogens is 272 g/mol. The third kappa shape index (κ3) is 2.89. The molecule has 1 fully saturated rings. The van der Waals surface area contributed by atoms with E-state index < -0.39 is 0 Å². The summed E-state index contributed by atoms with van der Waals surface area (Å²) in [4.78, 5) is 8.50. The van der Waals surface area contributed by atoms with Crippen molar-refractivity contribution in [3.63, 3.8) is 0 Å². The first kappa shape index (κ1) is 15.1. The van der Waals surface area contributed by atoms with E-state index in [0.29, 0.717) is 16.5 Å². The van der Waals surface area contributed by atoms with Gasteiger partial charge in [-0.25, -0.2) is 9.97 Å². The van der Waals surface area contributed by atoms with Gasteiger partial charge in [-0.3, -0.25) is 0 Å². The van der Waals surface area contributed by atoms with Crippen LogP contribution in [-0.2, 0) is 0 Å². The van der Waals surface area contributed by atoms with E-state index in [4.69, 9.17) is 5.26 Å². The SMILES string of the molecule is CSc1ncc(C#N)c(N[C@@H]2CCC[C@@H](O)C2(C)C)n1. The van der Waals surface area contributed by atoms with Crippen molar-refractivity contribution in [3.05, 3.63) is 11.8 Å². The van der Waals surface area contributed by atoms with Crippen LogP contribution in [0.3, 0.4) is 0 Å². The number of aliphatic hydroxyl groups is 1. The fraction of sp³-hybridized carbons (Fsp3) is 0.643. The van der Waals surface area contributed by atoms with Gasteiger partial charge >= 0.3 is 0 Å². The molecule has 1 heterocycles. The zero-order valence-electron chi connectivity index (χ0n) is 12.1. The number of nitrogens with one attached hydrogen (secondary N) is 1. The average Bonchev–Trinajstić information content (AvgIpc) is 2.44. The van der Waals surface area contributed by atoms with Crippen LogP contribution in [-0.4, -0.2) is 33.5 Å². The molecule has 2 atom stereocenters. The first-order valence-electron chi connectivity index (χ1n) is 6.74. The van der Waals surface area contributed by atoms with Crippen molar-refractivity contribution in [2.75, 3.05) is 11.6 Å². The highest BCUT2D eigenvalue weighted by Gasteiger charge is 2.39. The Labute approximate surface area is 123 Å². The molecule has 108 valence electrons. The van der Waals surface area contributed by atoms with Crippen molar-refractivity contribution in [2.24, 2.45) is 5.41 Å². The summed E-state index contributed by atoms with van der Waals surface area (Å²) in [6.07, 6.45) is 5.89. The van der Waals surface area contributed by atoms with Crippen molar-refractivity contribution in [1.82, 2.24) is 9.97 Å². The number of nitriles is 1. The third-order valence-electron chi connectivity index (χ3n) is 4.11. The van der Waals surface area contributed by atoms with Gasteiger partial charge in [0, 0.05) is 11.5 Å². The molecule has 0 amide bonds. The Morgan fingerprint density at radius 2 is 2.25 bits per heavy atom. The Bertz CT molecular complexity index is 526. The lowest BCUT2D eigenvalue weighted by Crippen LogP contribution is -2.48. The van der Waals surface area contributed by atoms with E-state index >= 15 is 0 Å². The maximum absolute atomic E-state index is 10.2. The molecule has 1 aromatic rings. The predicted molar refractivity (Wildman–Crippen MR) is 79.6 cm³/mol. The molecule has 1 aromatic heterocycles. The number of nitrogens with zero attached hydrogens (tertiary/aromatic N) is 3. The van der Waals surface area contributed by atoms with Crippen LogP contribution in [0.1, 0.15) is 38.7 Å². The number of aliphatic hydroxyl groups excluding tert-OH is 1. The zero-order chi connectivity index (χ0) is 14.8. The van der Waals surface area contributed by atoms with Gasteiger partial charge in [-0.2, -0.15) is 5.26 Å². The smallest absolute Gasteiger partial charge is 0.189 e. The standard InChI is InChI=1S/C14H20N4OS/c1-14(2)10(5-4-6-11(14)19)17-12-9(7-15)8-16-13(18-12)20-3/h8,10-11,19H,4-6H2,1-3H3,(H,16,17,18)/t10-,11-/m1/s1. The van der Waals surface area contributed by atoms with Crippen molar-refractivity contribution in [2.45, 2.75) is 50.4 Å². The Balaban J connectivity index is 2.27. The van der Waals surface area contributed by atoms with Gasteiger partial charge in [-0.1, -0.05) is 25.6 Å². The summed E-state index contributed by atoms with van der Waals surface area (Å²) in [6, 6.07) is 2.22. The lowest BCUT2D eigenvalue weighted by molar-refractivity contribution is 0.00451. The van der Waals surface area contributed by atoms with E-state index in [1.165, 1.54) is 11.8 Å². The van der Waals surface area contributed by atoms with Crippen molar-refractivity contribution in [3.8, 4) is 6.07 Å². The van der Waals surface area contributed by atoms with Crippen molar-refractivity contribution in [1.29, 1.82) is 5.26 Å². The minimum absolute atomic E-state index is 0.1000. The number of anilines is 1. The fourth-order valence-corrected chi connectivity index (χ4v) is 2.91. The molecule has 1 aliphatic rings. The molecule has 0 aromatic carbocycles. The lowest BCUT2D eigenvalue weighted by Gasteiger charge is -2.43. The maximum Gasteiger partial charge on any atom is 0.189 e. The molecule has 20 heavy (non-hydrogen) atoms. The number of rotatable bonds is 3. The average molecular weight is 292 g/mol. The van der Waals surface area contributed by atoms with E-state index in [0.717, 1.165) is 19.3 Å². The molecule has 5 nitrogen and oxygen atoms in total. The molecule has 0 bridgehead atoms. The van der Waals surface area contributed by atoms with Gasteiger partial charge in [0.2, 0.25) is 0 Å². The Morgan fingerprint density at radius 3 is 2.90 bits per heavy atom. The van der Waals surface area contributed by atoms with Crippen LogP contribution in [0.4, 0.5) is 5.82 Å². The zero-order valence-corrected chi connectivity index (χ0v) is 12.9. The van der Waals surface area contributed by atoms with E-state index in [9.17, 15) is 5.11 Å². The largest absolute Gasteiger partial charge is 0.392 e. The number of aromatic nitrogens is 2. The van der Waals surface area contributed by atoms with Crippen LogP contribution in [0.2, 0.25) is 0 Å². The predicted octanol–water partition coefficient (Wildman–Crippen LogP) is 2.42. The second-order valence-electron chi connectivity index (χ2n) is 5.70. The van der Waals surface area contributed by atoms with Crippen molar-refractivity contribution < 1.29 is 5.11 Å². The van der Waals surface area contributed by atoms with Gasteiger partial charge in [-0.05, 0) is 25.5 Å². The molecule has 0 radical (unpaired) electrons. The molecule has 0 saturated heterocycles. The monoisotopic (exact) mass is 292 g/mol. The number of hydrogen-bond acceptors (Lipinski definition) is 6. The number of thioether (sulfide) groups is 1. The number of hydrogen-bond donors (Lipinski definition) is 2. The molecule has 0 spiro atoms. The van der Waals surface area contributed by atoms with Gasteiger partial charge in [0.1, 0.15) is 17.5 Å². The molecule has 0 unspecified atom stereocenters. The third-order valence-corrected chi connectivity index (χ3v) is 4.67. The van der Waals surface area contributed by atoms with Gasteiger partial charge in [0.05, 0.1) is 12.3 Å². The second kappa shape index (κ2) is 5.98. The minimum Gasteiger partial charge on any atom is -0.392 e. The molecule has 0 aliphatic heterocycles. The maximum atomic E-state index is 10.2. The topological polar surface area (TPSA) is 81.8 Å². The highest BCUT2D eigenvalue weighted by Crippen LogP contribution is 2.37. The summed E-state index contributed by atoms with van der Waals surface area (Å²) >= 11 is 1.44. The second-order valence-corrected chi connectivity index (χ2v) is 6.47. The molecule has 1 saturated carbocycles. The summed E-state index contributed by atoms with van der Waals surface area (Å²) in [5.41, 5.74) is 0.203. The normalized spacial score (nSPS) is 24.9. The summed E-state index contributed by atoms with van der Waals surface area (Å²) in [5, 5.41) is 23.3. The first-order chi connectivity index (χ1) is 9.48. The van der Waals surface area contributed by atoms with Crippen LogP contribution < -0.4 is 5.32 Å². The highest BCUT2D eigenvalue weighted by atomic mass is 32.2. The fourth-order valence-electron chi connectivity index (χ4n) is 2.57. The van der Waals surface area contributed by atoms with E-state index in [-0.39, 0.29) is 17.6 Å². The van der Waals surface area contributed by atoms with Crippen LogP contribution >= 0.6 is 11.8 Å². The Morgan fingerprint density at radius 1 is 1.50 bits per heavy atom. The van der Waals surface area contributed by atoms with Gasteiger partial charge in [0.15, 0.2) is 5.16 Å². The minimum atomic E-state index is -0.332. The lowest BCUT2D eigenvalue weighted by atomic mass is 9.71. The van der Waals surface area contributed by atoms with Gasteiger partial charge < -0.3 is 10.4 Å². The molecular formula is C14H20N4OS. The Kier molecular flexibility index (Phi) is 4.51. The van der Waals surface area contributed by atoms with E-state index in [2.05, 4.69) is 35.2 Å². The van der Waals surface area contributed by atoms with Crippen LogP contribution in [0.15, 0.2) is 11.4 Å². The van der Waals surface area contributed by atoms with E-state index in [1.807, 2.05) is 6.26 Å². The molecule has 2 rings (SSSR count). The summed E-state index contributed by atoms with van der Waals surface area (Å²) in [5.74, 6) is 0.569. The molecule has 6 heteroatoms. The van der Waals surface area contributed by atoms with Crippen molar-refractivity contribution >= 4 is 17.6 Å². The quantitative estimate of drug-likeness (QED) is 0.657. The first-order valence-corrected chi connectivity index (χ1v) is 7.97. The van der Waals surface area contributed by atoms with Crippen LogP contribution in [0.25, 0.3) is 0 Å². The summed E-state index contributed by atoms with van der Waals surface area (Å²) in [7, 11) is 0. The summed E-state index contributed by atoms with van der Waals surface area (Å²) < 4.78 is 0. The van der Waals surface area contributed by atoms with Gasteiger partial charge in [-0.15, -0.1) is 0 Å². The van der Waals surface area contributed by atoms with Crippen LogP contribution in [0, 0.1) is 16.7 Å². The molecule has 1 aliphatic carbocycles. The van der Waals surface area contributed by atoms with Crippen LogP contribution in [0.5, 0.6) is 0 Å². The van der Waals surface area contributed by atoms with Gasteiger partial charge in [0.25, 0.3) is 0 Å². The Hall–Kier alpha value is -1.32. The van der Waals surface area contributed by atoms with E-state index in [1.54, 1.807) is 6.20 Å². The highest BCUT2D eigenvalue weighted by molar-refractivity contribution is 7.98. The molecule has 2 N–H and O–H groups in total.